The number of anilines is 3. The maximum Gasteiger partial charge on any atom is 0.123 e. The second-order valence-electron chi connectivity index (χ2n) is 11.9. The monoisotopic (exact) mass is 573 g/mol. The minimum atomic E-state index is 1.12. The smallest absolute Gasteiger partial charge is 0.123 e. The van der Waals surface area contributed by atoms with Crippen molar-refractivity contribution in [3.05, 3.63) is 164 Å². The molecule has 0 bridgehead atoms. The maximum atomic E-state index is 2.44. The van der Waals surface area contributed by atoms with E-state index in [4.69, 9.17) is 0 Å². The summed E-state index contributed by atoms with van der Waals surface area (Å²) in [5.41, 5.74) is 10.7. The highest BCUT2D eigenvalue weighted by Gasteiger charge is 2.28. The van der Waals surface area contributed by atoms with Crippen LogP contribution in [0.3, 0.4) is 0 Å². The molecule has 210 valence electrons. The van der Waals surface area contributed by atoms with Crippen molar-refractivity contribution in [1.82, 2.24) is 9.13 Å². The number of nitrogens with zero attached hydrogens (tertiary/aromatic N) is 3. The molecule has 0 N–H and O–H groups in total. The van der Waals surface area contributed by atoms with E-state index in [1.165, 1.54) is 66.0 Å². The molecule has 2 aromatic heterocycles. The summed E-state index contributed by atoms with van der Waals surface area (Å²) in [5, 5.41) is 6.23. The first kappa shape index (κ1) is 24.4. The molecule has 0 amide bonds. The summed E-state index contributed by atoms with van der Waals surface area (Å²) in [5.74, 6) is 1.13. The Labute approximate surface area is 260 Å². The molecule has 1 aliphatic rings. The third-order valence-electron chi connectivity index (χ3n) is 9.41. The third-order valence-corrected chi connectivity index (χ3v) is 9.41. The van der Waals surface area contributed by atoms with Crippen LogP contribution >= 0.6 is 0 Å². The SMILES string of the molecule is c1ccc2c(c1)-c1cc3ccccc3cc1N(c1ccc(-n3c4ccccc4c4ccccc43)cc1)c1cc3ccccc3n1-2. The summed E-state index contributed by atoms with van der Waals surface area (Å²) in [4.78, 5) is 2.44. The molecule has 0 unspecified atom stereocenters. The van der Waals surface area contributed by atoms with E-state index < -0.39 is 0 Å². The van der Waals surface area contributed by atoms with Gasteiger partial charge >= 0.3 is 0 Å². The van der Waals surface area contributed by atoms with Crippen LogP contribution < -0.4 is 4.90 Å². The van der Waals surface area contributed by atoms with Crippen molar-refractivity contribution in [2.24, 2.45) is 0 Å². The van der Waals surface area contributed by atoms with Crippen molar-refractivity contribution in [3.63, 3.8) is 0 Å². The van der Waals surface area contributed by atoms with Gasteiger partial charge in [-0.1, -0.05) is 97.1 Å². The maximum absolute atomic E-state index is 2.44. The van der Waals surface area contributed by atoms with Crippen LogP contribution in [0.25, 0.3) is 66.0 Å². The van der Waals surface area contributed by atoms with Crippen molar-refractivity contribution >= 4 is 60.7 Å². The summed E-state index contributed by atoms with van der Waals surface area (Å²) < 4.78 is 4.81. The summed E-state index contributed by atoms with van der Waals surface area (Å²) >= 11 is 0. The zero-order chi connectivity index (χ0) is 29.5. The Hall–Kier alpha value is -6.06. The van der Waals surface area contributed by atoms with Gasteiger partial charge in [-0.15, -0.1) is 0 Å². The zero-order valence-corrected chi connectivity index (χ0v) is 24.4. The zero-order valence-electron chi connectivity index (χ0n) is 24.4. The predicted octanol–water partition coefficient (Wildman–Crippen LogP) is 11.3. The lowest BCUT2D eigenvalue weighted by Gasteiger charge is -2.26. The second kappa shape index (κ2) is 9.22. The number of rotatable bonds is 2. The molecule has 9 aromatic rings. The van der Waals surface area contributed by atoms with Crippen LogP contribution in [0, 0.1) is 0 Å². The highest BCUT2D eigenvalue weighted by atomic mass is 15.3. The second-order valence-corrected chi connectivity index (χ2v) is 11.9. The molecule has 3 heteroatoms. The van der Waals surface area contributed by atoms with Crippen LogP contribution in [0.2, 0.25) is 0 Å². The lowest BCUT2D eigenvalue weighted by Crippen LogP contribution is -2.13. The van der Waals surface area contributed by atoms with E-state index >= 15 is 0 Å². The number of para-hydroxylation sites is 4. The van der Waals surface area contributed by atoms with Gasteiger partial charge < -0.3 is 4.57 Å². The van der Waals surface area contributed by atoms with Crippen LogP contribution in [0.4, 0.5) is 17.2 Å². The first-order valence-corrected chi connectivity index (χ1v) is 15.5. The van der Waals surface area contributed by atoms with Gasteiger partial charge in [-0.25, -0.2) is 0 Å². The molecule has 3 nitrogen and oxygen atoms in total. The van der Waals surface area contributed by atoms with Crippen LogP contribution in [0.1, 0.15) is 0 Å². The van der Waals surface area contributed by atoms with Gasteiger partial charge in [0.15, 0.2) is 0 Å². The lowest BCUT2D eigenvalue weighted by atomic mass is 9.97. The Morgan fingerprint density at radius 2 is 0.889 bits per heavy atom. The van der Waals surface area contributed by atoms with E-state index in [1.807, 2.05) is 0 Å². The number of fused-ring (bicyclic) bond motifs is 11. The molecule has 0 saturated heterocycles. The van der Waals surface area contributed by atoms with Gasteiger partial charge in [-0.2, -0.15) is 0 Å². The average molecular weight is 574 g/mol. The van der Waals surface area contributed by atoms with Gasteiger partial charge in [-0.3, -0.25) is 9.47 Å². The molecule has 45 heavy (non-hydrogen) atoms. The first-order valence-electron chi connectivity index (χ1n) is 15.5. The van der Waals surface area contributed by atoms with E-state index in [-0.39, 0.29) is 0 Å². The van der Waals surface area contributed by atoms with E-state index in [9.17, 15) is 0 Å². The largest absolute Gasteiger partial charge is 0.309 e. The van der Waals surface area contributed by atoms with Crippen molar-refractivity contribution in [2.45, 2.75) is 0 Å². The molecule has 10 rings (SSSR count). The molecule has 1 aliphatic heterocycles. The van der Waals surface area contributed by atoms with Gasteiger partial charge in [0.1, 0.15) is 5.82 Å². The Kier molecular flexibility index (Phi) is 5.00. The molecule has 0 spiro atoms. The quantitative estimate of drug-likeness (QED) is 0.200. The highest BCUT2D eigenvalue weighted by Crippen LogP contribution is 2.50. The molecular formula is C42H27N3. The molecular weight excluding hydrogens is 546 g/mol. The molecule has 0 radical (unpaired) electrons. The van der Waals surface area contributed by atoms with E-state index in [1.54, 1.807) is 0 Å². The fourth-order valence-corrected chi connectivity index (χ4v) is 7.43. The summed E-state index contributed by atoms with van der Waals surface area (Å²) in [6, 6.07) is 59.7. The number of benzene rings is 7. The van der Waals surface area contributed by atoms with Crippen LogP contribution in [-0.4, -0.2) is 9.13 Å². The summed E-state index contributed by atoms with van der Waals surface area (Å²) in [6.45, 7) is 0. The molecule has 0 fully saturated rings. The van der Waals surface area contributed by atoms with E-state index in [0.717, 1.165) is 17.2 Å². The average Bonchev–Trinajstić information content (AvgIpc) is 3.61. The topological polar surface area (TPSA) is 13.1 Å². The predicted molar refractivity (Wildman–Crippen MR) is 189 cm³/mol. The van der Waals surface area contributed by atoms with Gasteiger partial charge in [0.25, 0.3) is 0 Å². The molecule has 0 atom stereocenters. The Bertz CT molecular complexity index is 2550. The summed E-state index contributed by atoms with van der Waals surface area (Å²) in [6.07, 6.45) is 0. The van der Waals surface area contributed by atoms with E-state index in [0.29, 0.717) is 0 Å². The van der Waals surface area contributed by atoms with Crippen molar-refractivity contribution in [1.29, 1.82) is 0 Å². The third kappa shape index (κ3) is 3.46. The summed E-state index contributed by atoms with van der Waals surface area (Å²) in [7, 11) is 0. The molecule has 3 heterocycles. The first-order chi connectivity index (χ1) is 22.3. The van der Waals surface area contributed by atoms with Crippen molar-refractivity contribution in [2.75, 3.05) is 4.90 Å². The van der Waals surface area contributed by atoms with E-state index in [2.05, 4.69) is 178 Å². The minimum Gasteiger partial charge on any atom is -0.309 e. The fraction of sp³-hybridized carbons (Fsp3) is 0. The van der Waals surface area contributed by atoms with Crippen molar-refractivity contribution < 1.29 is 0 Å². The molecule has 0 aliphatic carbocycles. The minimum absolute atomic E-state index is 1.12. The van der Waals surface area contributed by atoms with Crippen LogP contribution in [0.15, 0.2) is 164 Å². The number of aromatic nitrogens is 2. The van der Waals surface area contributed by atoms with Gasteiger partial charge in [0.05, 0.1) is 27.9 Å². The number of hydrogen-bond donors (Lipinski definition) is 0. The Balaban J connectivity index is 1.25. The Morgan fingerprint density at radius 3 is 1.62 bits per heavy atom. The standard InChI is InChI=1S/C42H27N3/c1-2-12-29-26-41-36(25-28(29)11-1)35-16-6-10-20-40(35)45-37-17-7-3-13-30(37)27-42(45)44(41)32-23-21-31(22-24-32)43-38-18-8-4-14-33(38)34-15-5-9-19-39(34)43/h1-27H. The van der Waals surface area contributed by atoms with Gasteiger partial charge in [0.2, 0.25) is 0 Å². The highest BCUT2D eigenvalue weighted by molar-refractivity contribution is 6.09. The van der Waals surface area contributed by atoms with Crippen molar-refractivity contribution in [3.8, 4) is 22.5 Å². The molecule has 0 saturated carbocycles. The van der Waals surface area contributed by atoms with Crippen LogP contribution in [-0.2, 0) is 0 Å². The number of hydrogen-bond acceptors (Lipinski definition) is 1. The fourth-order valence-electron chi connectivity index (χ4n) is 7.43. The van der Waals surface area contributed by atoms with Gasteiger partial charge in [0, 0.05) is 38.7 Å². The lowest BCUT2D eigenvalue weighted by molar-refractivity contribution is 1.09. The normalized spacial score (nSPS) is 12.4. The molecule has 7 aromatic carbocycles. The Morgan fingerprint density at radius 1 is 0.333 bits per heavy atom. The van der Waals surface area contributed by atoms with Gasteiger partial charge in [-0.05, 0) is 77.5 Å². The van der Waals surface area contributed by atoms with Crippen LogP contribution in [0.5, 0.6) is 0 Å².